The normalized spacial score (nSPS) is 12.9. The lowest BCUT2D eigenvalue weighted by Gasteiger charge is -2.25. The van der Waals surface area contributed by atoms with Crippen molar-refractivity contribution in [3.05, 3.63) is 187 Å². The number of pyridine rings is 1. The molecule has 0 saturated carbocycles. The highest BCUT2D eigenvalue weighted by molar-refractivity contribution is 6.07. The lowest BCUT2D eigenvalue weighted by Crippen LogP contribution is -2.16. The predicted octanol–water partition coefficient (Wildman–Crippen LogP) is 12.8. The summed E-state index contributed by atoms with van der Waals surface area (Å²) < 4.78 is 0. The van der Waals surface area contributed by atoms with Crippen molar-refractivity contribution in [2.24, 2.45) is 0 Å². The van der Waals surface area contributed by atoms with Crippen LogP contribution in [-0.2, 0) is 5.41 Å². The summed E-state index contributed by atoms with van der Waals surface area (Å²) in [7, 11) is 0. The van der Waals surface area contributed by atoms with Crippen molar-refractivity contribution in [1.82, 2.24) is 15.0 Å². The molecule has 0 aliphatic heterocycles. The van der Waals surface area contributed by atoms with Gasteiger partial charge in [-0.15, -0.1) is 0 Å². The smallest absolute Gasteiger partial charge is 0.160 e. The first kappa shape index (κ1) is 31.1. The number of hydrogen-bond acceptors (Lipinski definition) is 3. The van der Waals surface area contributed by atoms with E-state index in [1.54, 1.807) is 6.20 Å². The molecule has 0 atom stereocenters. The Balaban J connectivity index is 1.15. The Bertz CT molecular complexity index is 2860. The van der Waals surface area contributed by atoms with E-state index in [1.807, 2.05) is 30.5 Å². The first-order valence-corrected chi connectivity index (χ1v) is 18.2. The molecule has 250 valence electrons. The zero-order valence-electron chi connectivity index (χ0n) is 29.6. The summed E-state index contributed by atoms with van der Waals surface area (Å²) >= 11 is 0. The van der Waals surface area contributed by atoms with E-state index in [9.17, 15) is 0 Å². The van der Waals surface area contributed by atoms with Crippen molar-refractivity contribution in [3.63, 3.8) is 0 Å². The van der Waals surface area contributed by atoms with Gasteiger partial charge in [0.1, 0.15) is 0 Å². The van der Waals surface area contributed by atoms with Gasteiger partial charge in [-0.2, -0.15) is 0 Å². The van der Waals surface area contributed by atoms with Crippen molar-refractivity contribution in [3.8, 4) is 67.3 Å². The van der Waals surface area contributed by atoms with Gasteiger partial charge >= 0.3 is 0 Å². The monoisotopic (exact) mass is 677 g/mol. The Kier molecular flexibility index (Phi) is 7.16. The van der Waals surface area contributed by atoms with Gasteiger partial charge in [0, 0.05) is 40.1 Å². The van der Waals surface area contributed by atoms with Crippen molar-refractivity contribution >= 4 is 21.5 Å². The molecule has 1 aliphatic rings. The molecule has 0 radical (unpaired) electrons. The molecule has 0 bridgehead atoms. The minimum Gasteiger partial charge on any atom is -0.264 e. The van der Waals surface area contributed by atoms with Crippen LogP contribution in [0.4, 0.5) is 0 Å². The van der Waals surface area contributed by atoms with Crippen LogP contribution in [0.2, 0.25) is 0 Å². The summed E-state index contributed by atoms with van der Waals surface area (Å²) in [5, 5.41) is 4.93. The van der Waals surface area contributed by atoms with Gasteiger partial charge in [0.2, 0.25) is 0 Å². The van der Waals surface area contributed by atoms with Crippen LogP contribution in [0.15, 0.2) is 176 Å². The summed E-state index contributed by atoms with van der Waals surface area (Å²) in [4.78, 5) is 14.7. The Labute approximate surface area is 309 Å². The summed E-state index contributed by atoms with van der Waals surface area (Å²) in [6.07, 6.45) is 3.70. The number of aromatic nitrogens is 3. The van der Waals surface area contributed by atoms with Crippen LogP contribution in [0.25, 0.3) is 88.8 Å². The van der Waals surface area contributed by atoms with Crippen LogP contribution in [-0.4, -0.2) is 15.0 Å². The van der Waals surface area contributed by atoms with Crippen LogP contribution in [0, 0.1) is 0 Å². The van der Waals surface area contributed by atoms with E-state index >= 15 is 0 Å². The predicted molar refractivity (Wildman–Crippen MR) is 220 cm³/mol. The van der Waals surface area contributed by atoms with E-state index in [2.05, 4.69) is 158 Å². The maximum atomic E-state index is 5.25. The molecular weight excluding hydrogens is 643 g/mol. The first-order chi connectivity index (χ1) is 26.0. The fraction of sp³-hybridized carbons (Fsp3) is 0.0600. The molecule has 0 spiro atoms. The van der Waals surface area contributed by atoms with Gasteiger partial charge in [0.05, 0.1) is 11.4 Å². The largest absolute Gasteiger partial charge is 0.264 e. The Morgan fingerprint density at radius 3 is 1.83 bits per heavy atom. The molecule has 2 aromatic heterocycles. The van der Waals surface area contributed by atoms with E-state index in [0.717, 1.165) is 44.6 Å². The number of rotatable bonds is 5. The van der Waals surface area contributed by atoms with E-state index < -0.39 is 0 Å². The molecule has 0 N–H and O–H groups in total. The highest BCUT2D eigenvalue weighted by Crippen LogP contribution is 2.54. The van der Waals surface area contributed by atoms with Gasteiger partial charge in [-0.05, 0) is 90.8 Å². The van der Waals surface area contributed by atoms with E-state index in [1.165, 1.54) is 49.5 Å². The van der Waals surface area contributed by atoms with Gasteiger partial charge in [-0.1, -0.05) is 147 Å². The molecule has 0 saturated heterocycles. The van der Waals surface area contributed by atoms with Crippen LogP contribution < -0.4 is 0 Å². The Morgan fingerprint density at radius 2 is 1.04 bits per heavy atom. The van der Waals surface area contributed by atoms with Gasteiger partial charge in [-0.25, -0.2) is 9.97 Å². The van der Waals surface area contributed by atoms with Crippen molar-refractivity contribution in [1.29, 1.82) is 0 Å². The maximum Gasteiger partial charge on any atom is 0.160 e. The third kappa shape index (κ3) is 5.16. The van der Waals surface area contributed by atoms with Gasteiger partial charge < -0.3 is 0 Å². The molecule has 3 nitrogen and oxygen atoms in total. The van der Waals surface area contributed by atoms with E-state index in [0.29, 0.717) is 5.82 Å². The molecule has 7 aromatic carbocycles. The molecule has 1 aliphatic carbocycles. The quantitative estimate of drug-likeness (QED) is 0.182. The van der Waals surface area contributed by atoms with Gasteiger partial charge in [-0.3, -0.25) is 4.98 Å². The maximum absolute atomic E-state index is 5.25. The zero-order chi connectivity index (χ0) is 35.5. The average molecular weight is 678 g/mol. The lowest BCUT2D eigenvalue weighted by atomic mass is 9.78. The van der Waals surface area contributed by atoms with Crippen molar-refractivity contribution < 1.29 is 0 Å². The van der Waals surface area contributed by atoms with Crippen LogP contribution in [0.5, 0.6) is 0 Å². The Hall–Kier alpha value is -6.71. The van der Waals surface area contributed by atoms with Crippen LogP contribution in [0.3, 0.4) is 0 Å². The third-order valence-corrected chi connectivity index (χ3v) is 10.9. The second-order valence-electron chi connectivity index (χ2n) is 14.5. The van der Waals surface area contributed by atoms with Crippen molar-refractivity contribution in [2.75, 3.05) is 0 Å². The number of fused-ring (bicyclic) bond motifs is 5. The second kappa shape index (κ2) is 12.2. The van der Waals surface area contributed by atoms with Crippen molar-refractivity contribution in [2.45, 2.75) is 19.3 Å². The fourth-order valence-electron chi connectivity index (χ4n) is 8.39. The second-order valence-corrected chi connectivity index (χ2v) is 14.5. The molecule has 10 rings (SSSR count). The molecular formula is C50H35N3. The van der Waals surface area contributed by atoms with Gasteiger partial charge in [0.15, 0.2) is 5.82 Å². The Morgan fingerprint density at radius 1 is 0.415 bits per heavy atom. The summed E-state index contributed by atoms with van der Waals surface area (Å²) in [6.45, 7) is 4.76. The fourth-order valence-corrected chi connectivity index (χ4v) is 8.39. The van der Waals surface area contributed by atoms with E-state index in [4.69, 9.17) is 9.97 Å². The summed E-state index contributed by atoms with van der Waals surface area (Å²) in [5.41, 5.74) is 14.8. The number of benzene rings is 7. The minimum atomic E-state index is -0.165. The SMILES string of the molecule is CC1(C)c2cc3ccccc3cc2-c2cccc(-c3ccc(-c4cc(-c5cccc(-c6cccnc6)c5)nc(-c5ccccc5)n4)c4ccccc34)c21. The van der Waals surface area contributed by atoms with Gasteiger partial charge in [0.25, 0.3) is 0 Å². The zero-order valence-corrected chi connectivity index (χ0v) is 29.6. The van der Waals surface area contributed by atoms with E-state index in [-0.39, 0.29) is 5.41 Å². The highest BCUT2D eigenvalue weighted by Gasteiger charge is 2.38. The summed E-state index contributed by atoms with van der Waals surface area (Å²) in [5.74, 6) is 0.700. The lowest BCUT2D eigenvalue weighted by molar-refractivity contribution is 0.663. The molecule has 0 amide bonds. The molecule has 3 heteroatoms. The highest BCUT2D eigenvalue weighted by atomic mass is 14.9. The van der Waals surface area contributed by atoms with Crippen LogP contribution >= 0.6 is 0 Å². The molecule has 2 heterocycles. The third-order valence-electron chi connectivity index (χ3n) is 10.9. The summed E-state index contributed by atoms with van der Waals surface area (Å²) in [6, 6.07) is 58.6. The minimum absolute atomic E-state index is 0.165. The number of hydrogen-bond donors (Lipinski definition) is 0. The molecule has 9 aromatic rings. The first-order valence-electron chi connectivity index (χ1n) is 18.2. The topological polar surface area (TPSA) is 38.7 Å². The molecule has 0 fully saturated rings. The number of nitrogens with zero attached hydrogens (tertiary/aromatic N) is 3. The van der Waals surface area contributed by atoms with Crippen LogP contribution in [0.1, 0.15) is 25.0 Å². The average Bonchev–Trinajstić information content (AvgIpc) is 3.45. The standard InChI is InChI=1S/C50H35N3/c1-50(2)45-29-35-16-7-6-15-34(35)28-44(45)43-23-11-22-42(48(43)50)40-24-25-41(39-21-9-8-20-38(39)40)47-30-46(52-49(53-47)32-13-4-3-5-14-32)36-18-10-17-33(27-36)37-19-12-26-51-31-37/h3-31H,1-2H3. The molecule has 0 unspecified atom stereocenters. The molecule has 53 heavy (non-hydrogen) atoms.